The summed E-state index contributed by atoms with van der Waals surface area (Å²) < 4.78 is 0. The van der Waals surface area contributed by atoms with Crippen molar-refractivity contribution >= 4 is 69.1 Å². The van der Waals surface area contributed by atoms with Crippen LogP contribution in [0.5, 0.6) is 0 Å². The van der Waals surface area contributed by atoms with E-state index in [9.17, 15) is 19.2 Å². The van der Waals surface area contributed by atoms with Crippen molar-refractivity contribution in [3.8, 4) is 0 Å². The highest BCUT2D eigenvalue weighted by atomic mass is 32.1. The molecule has 0 fully saturated rings. The highest BCUT2D eigenvalue weighted by Crippen LogP contribution is 2.16. The predicted molar refractivity (Wildman–Crippen MR) is 177 cm³/mol. The minimum Gasteiger partial charge on any atom is -0.321 e. The number of hydrogen-bond donors (Lipinski definition) is 4. The molecule has 226 valence electrons. The normalized spacial score (nSPS) is 11.5. The number of unbranched alkanes of at least 4 members (excludes halogenated alkanes) is 1. The van der Waals surface area contributed by atoms with Gasteiger partial charge in [0.25, 0.3) is 11.8 Å². The maximum atomic E-state index is 12.2. The lowest BCUT2D eigenvalue weighted by Gasteiger charge is -2.07. The summed E-state index contributed by atoms with van der Waals surface area (Å²) in [6, 6.07) is 21.6. The van der Waals surface area contributed by atoms with Gasteiger partial charge in [0.15, 0.2) is 0 Å². The molecule has 2 aromatic heterocycles. The fourth-order valence-corrected chi connectivity index (χ4v) is 5.13. The summed E-state index contributed by atoms with van der Waals surface area (Å²) in [5.74, 6) is -0.807. The quantitative estimate of drug-likeness (QED) is 0.0788. The second kappa shape index (κ2) is 16.1. The summed E-state index contributed by atoms with van der Waals surface area (Å²) in [6.07, 6.45) is 1.51. The van der Waals surface area contributed by atoms with Crippen LogP contribution < -0.4 is 21.5 Å². The number of carbonyl (C=O) groups is 4. The zero-order valence-corrected chi connectivity index (χ0v) is 25.9. The van der Waals surface area contributed by atoms with Gasteiger partial charge in [-0.2, -0.15) is 10.2 Å². The Labute approximate surface area is 263 Å². The molecule has 12 heteroatoms. The number of anilines is 2. The van der Waals surface area contributed by atoms with Gasteiger partial charge < -0.3 is 10.6 Å². The van der Waals surface area contributed by atoms with Crippen LogP contribution >= 0.6 is 22.7 Å². The zero-order valence-electron chi connectivity index (χ0n) is 24.3. The van der Waals surface area contributed by atoms with Gasteiger partial charge in [0, 0.05) is 24.2 Å². The van der Waals surface area contributed by atoms with Crippen molar-refractivity contribution in [3.05, 3.63) is 104 Å². The van der Waals surface area contributed by atoms with Crippen molar-refractivity contribution in [1.82, 2.24) is 10.9 Å². The van der Waals surface area contributed by atoms with Crippen LogP contribution in [-0.2, 0) is 9.59 Å². The van der Waals surface area contributed by atoms with Gasteiger partial charge >= 0.3 is 0 Å². The molecule has 0 aliphatic rings. The Bertz CT molecular complexity index is 1510. The lowest BCUT2D eigenvalue weighted by Crippen LogP contribution is -2.20. The highest BCUT2D eigenvalue weighted by molar-refractivity contribution is 7.12. The molecule has 0 spiro atoms. The fourth-order valence-electron chi connectivity index (χ4n) is 3.89. The lowest BCUT2D eigenvalue weighted by atomic mass is 10.1. The topological polar surface area (TPSA) is 141 Å². The smallest absolute Gasteiger partial charge is 0.265 e. The van der Waals surface area contributed by atoms with E-state index in [4.69, 9.17) is 0 Å². The van der Waals surface area contributed by atoms with Crippen LogP contribution in [0.3, 0.4) is 0 Å². The monoisotopic (exact) mass is 628 g/mol. The number of thiophene rings is 2. The number of benzene rings is 2. The standard InChI is InChI=1S/C32H32N6O4S2/c1-21(23-11-15-25(16-12-23)33-31(41)27-7-5-19-43-27)35-37-29(39)9-3-4-10-30(40)38-36-22(2)24-13-17-26(18-14-24)34-32(42)28-8-6-20-44-28/h5-8,11-20H,3-4,9-10H2,1-2H3,(H,33,41)(H,34,42)(H,37,39)(H,38,40). The van der Waals surface area contributed by atoms with Crippen molar-refractivity contribution < 1.29 is 19.2 Å². The summed E-state index contributed by atoms with van der Waals surface area (Å²) >= 11 is 2.75. The van der Waals surface area contributed by atoms with Crippen molar-refractivity contribution in [1.29, 1.82) is 0 Å². The van der Waals surface area contributed by atoms with Gasteiger partial charge in [0.05, 0.1) is 21.2 Å². The van der Waals surface area contributed by atoms with Crippen molar-refractivity contribution in [3.63, 3.8) is 0 Å². The van der Waals surface area contributed by atoms with Gasteiger partial charge in [-0.05, 0) is 85.0 Å². The molecular formula is C32H32N6O4S2. The van der Waals surface area contributed by atoms with Gasteiger partial charge in [0.2, 0.25) is 11.8 Å². The molecule has 4 N–H and O–H groups in total. The third-order valence-electron chi connectivity index (χ3n) is 6.37. The van der Waals surface area contributed by atoms with E-state index in [1.165, 1.54) is 22.7 Å². The van der Waals surface area contributed by atoms with Crippen LogP contribution in [0, 0.1) is 0 Å². The summed E-state index contributed by atoms with van der Waals surface area (Å²) in [5.41, 5.74) is 9.30. The maximum absolute atomic E-state index is 12.2. The van der Waals surface area contributed by atoms with Gasteiger partial charge in [-0.15, -0.1) is 22.7 Å². The molecule has 0 saturated carbocycles. The van der Waals surface area contributed by atoms with Crippen molar-refractivity contribution in [2.45, 2.75) is 39.5 Å². The van der Waals surface area contributed by atoms with Crippen molar-refractivity contribution in [2.75, 3.05) is 10.6 Å². The van der Waals surface area contributed by atoms with Crippen LogP contribution in [0.1, 0.15) is 70.0 Å². The maximum Gasteiger partial charge on any atom is 0.265 e. The summed E-state index contributed by atoms with van der Waals surface area (Å²) in [6.45, 7) is 3.57. The van der Waals surface area contributed by atoms with Crippen LogP contribution in [0.2, 0.25) is 0 Å². The second-order valence-electron chi connectivity index (χ2n) is 9.69. The first-order valence-corrected chi connectivity index (χ1v) is 15.6. The minimum atomic E-state index is -0.242. The Hall–Kier alpha value is -4.94. The third-order valence-corrected chi connectivity index (χ3v) is 8.10. The number of amides is 4. The van der Waals surface area contributed by atoms with E-state index in [1.54, 1.807) is 50.2 Å². The van der Waals surface area contributed by atoms with Gasteiger partial charge in [0.1, 0.15) is 0 Å². The van der Waals surface area contributed by atoms with Gasteiger partial charge in [-0.3, -0.25) is 19.2 Å². The Morgan fingerprint density at radius 2 is 0.977 bits per heavy atom. The van der Waals surface area contributed by atoms with E-state index >= 15 is 0 Å². The van der Waals surface area contributed by atoms with Gasteiger partial charge in [-0.25, -0.2) is 10.9 Å². The van der Waals surface area contributed by atoms with Crippen LogP contribution in [0.4, 0.5) is 11.4 Å². The zero-order chi connectivity index (χ0) is 31.3. The largest absolute Gasteiger partial charge is 0.321 e. The Morgan fingerprint density at radius 3 is 1.32 bits per heavy atom. The Balaban J connectivity index is 1.12. The number of nitrogens with one attached hydrogen (secondary N) is 4. The molecule has 0 bridgehead atoms. The van der Waals surface area contributed by atoms with Gasteiger partial charge in [-0.1, -0.05) is 36.4 Å². The highest BCUT2D eigenvalue weighted by Gasteiger charge is 2.09. The molecule has 44 heavy (non-hydrogen) atoms. The molecule has 0 aliphatic heterocycles. The number of carbonyl (C=O) groups excluding carboxylic acids is 4. The molecule has 0 aliphatic carbocycles. The van der Waals surface area contributed by atoms with E-state index < -0.39 is 0 Å². The number of hydrogen-bond acceptors (Lipinski definition) is 8. The number of hydrazone groups is 2. The molecule has 4 rings (SSSR count). The SMILES string of the molecule is CC(=NNC(=O)CCCCC(=O)NN=C(C)c1ccc(NC(=O)c2cccs2)cc1)c1ccc(NC(=O)c2cccs2)cc1. The molecule has 4 amide bonds. The van der Waals surface area contributed by atoms with E-state index in [1.807, 2.05) is 47.2 Å². The first-order chi connectivity index (χ1) is 21.3. The molecule has 4 aromatic rings. The van der Waals surface area contributed by atoms with Crippen LogP contribution in [0.15, 0.2) is 93.8 Å². The van der Waals surface area contributed by atoms with Crippen LogP contribution in [-0.4, -0.2) is 35.1 Å². The molecule has 0 unspecified atom stereocenters. The van der Waals surface area contributed by atoms with E-state index in [0.29, 0.717) is 45.4 Å². The predicted octanol–water partition coefficient (Wildman–Crippen LogP) is 6.26. The average Bonchev–Trinajstić information content (AvgIpc) is 3.77. The van der Waals surface area contributed by atoms with E-state index in [-0.39, 0.29) is 36.5 Å². The summed E-state index contributed by atoms with van der Waals surface area (Å²) in [5, 5.41) is 17.7. The average molecular weight is 629 g/mol. The Morgan fingerprint density at radius 1 is 0.591 bits per heavy atom. The molecule has 0 radical (unpaired) electrons. The van der Waals surface area contributed by atoms with E-state index in [2.05, 4.69) is 31.7 Å². The number of nitrogens with zero attached hydrogens (tertiary/aromatic N) is 2. The first kappa shape index (κ1) is 32.0. The Kier molecular flexibility index (Phi) is 11.7. The fraction of sp³-hybridized carbons (Fsp3) is 0.188. The van der Waals surface area contributed by atoms with Crippen LogP contribution in [0.25, 0.3) is 0 Å². The van der Waals surface area contributed by atoms with E-state index in [0.717, 1.165) is 11.1 Å². The number of rotatable bonds is 13. The second-order valence-corrected chi connectivity index (χ2v) is 11.6. The molecular weight excluding hydrogens is 597 g/mol. The minimum absolute atomic E-state index is 0.161. The molecule has 0 atom stereocenters. The van der Waals surface area contributed by atoms with Crippen molar-refractivity contribution in [2.24, 2.45) is 10.2 Å². The molecule has 2 aromatic carbocycles. The lowest BCUT2D eigenvalue weighted by molar-refractivity contribution is -0.123. The molecule has 10 nitrogen and oxygen atoms in total. The molecule has 2 heterocycles. The molecule has 0 saturated heterocycles. The third kappa shape index (κ3) is 9.82. The summed E-state index contributed by atoms with van der Waals surface area (Å²) in [7, 11) is 0. The first-order valence-electron chi connectivity index (χ1n) is 13.9. The summed E-state index contributed by atoms with van der Waals surface area (Å²) in [4.78, 5) is 50.1.